The number of hydrogen-bond acceptors (Lipinski definition) is 5. The third-order valence-corrected chi connectivity index (χ3v) is 4.74. The van der Waals surface area contributed by atoms with Gasteiger partial charge in [0.2, 0.25) is 0 Å². The molecule has 7 nitrogen and oxygen atoms in total. The van der Waals surface area contributed by atoms with E-state index in [-0.39, 0.29) is 16.8 Å². The molecule has 0 radical (unpaired) electrons. The average molecular weight is 373 g/mol. The molecular formula is C21H19N5O2. The number of H-pyrrole nitrogens is 1. The normalized spacial score (nSPS) is 11.5. The molecule has 0 aliphatic carbocycles. The molecule has 4 rings (SSSR count). The zero-order chi connectivity index (χ0) is 19.8. The lowest BCUT2D eigenvalue weighted by molar-refractivity contribution is 0.470. The number of nitrogens with zero attached hydrogens (tertiary/aromatic N) is 4. The van der Waals surface area contributed by atoms with E-state index in [1.807, 2.05) is 51.1 Å². The van der Waals surface area contributed by atoms with Crippen molar-refractivity contribution in [3.8, 4) is 11.4 Å². The molecule has 0 saturated carbocycles. The molecule has 140 valence electrons. The minimum absolute atomic E-state index is 0.179. The van der Waals surface area contributed by atoms with Gasteiger partial charge in [0.05, 0.1) is 5.69 Å². The molecule has 2 aromatic heterocycles. The van der Waals surface area contributed by atoms with Crippen molar-refractivity contribution in [2.75, 3.05) is 0 Å². The van der Waals surface area contributed by atoms with Crippen LogP contribution in [0.4, 0.5) is 0 Å². The fourth-order valence-electron chi connectivity index (χ4n) is 3.29. The molecule has 0 spiro atoms. The summed E-state index contributed by atoms with van der Waals surface area (Å²) in [7, 11) is 0. The number of benzene rings is 2. The summed E-state index contributed by atoms with van der Waals surface area (Å²) in [6, 6.07) is 11.3. The lowest BCUT2D eigenvalue weighted by Crippen LogP contribution is -2.24. The Morgan fingerprint density at radius 1 is 1.00 bits per heavy atom. The van der Waals surface area contributed by atoms with Gasteiger partial charge in [-0.25, -0.2) is 10.1 Å². The van der Waals surface area contributed by atoms with Crippen molar-refractivity contribution in [1.29, 1.82) is 0 Å². The third kappa shape index (κ3) is 2.87. The number of aromatic nitrogens is 5. The van der Waals surface area contributed by atoms with Crippen molar-refractivity contribution in [2.45, 2.75) is 20.8 Å². The van der Waals surface area contributed by atoms with Gasteiger partial charge in [-0.05, 0) is 49.6 Å². The topological polar surface area (TPSA) is 96.7 Å². The molecule has 0 aliphatic rings. The zero-order valence-corrected chi connectivity index (χ0v) is 15.8. The van der Waals surface area contributed by atoms with Gasteiger partial charge in [-0.2, -0.15) is 0 Å². The molecule has 0 aliphatic heterocycles. The molecule has 0 atom stereocenters. The van der Waals surface area contributed by atoms with E-state index in [4.69, 9.17) is 0 Å². The van der Waals surface area contributed by atoms with E-state index in [0.29, 0.717) is 17.0 Å². The fourth-order valence-corrected chi connectivity index (χ4v) is 3.29. The number of fused-ring (bicyclic) bond motifs is 1. The Morgan fingerprint density at radius 3 is 2.43 bits per heavy atom. The summed E-state index contributed by atoms with van der Waals surface area (Å²) in [6.45, 7) is 5.73. The molecule has 0 amide bonds. The van der Waals surface area contributed by atoms with Crippen LogP contribution in [0.1, 0.15) is 28.1 Å². The second-order valence-electron chi connectivity index (χ2n) is 6.71. The highest BCUT2D eigenvalue weighted by Crippen LogP contribution is 2.24. The van der Waals surface area contributed by atoms with E-state index in [0.717, 1.165) is 22.4 Å². The quantitative estimate of drug-likeness (QED) is 0.574. The molecular weight excluding hydrogens is 354 g/mol. The predicted molar refractivity (Wildman–Crippen MR) is 109 cm³/mol. The lowest BCUT2D eigenvalue weighted by atomic mass is 10.1. The Balaban J connectivity index is 1.99. The van der Waals surface area contributed by atoms with E-state index in [1.165, 1.54) is 0 Å². The summed E-state index contributed by atoms with van der Waals surface area (Å²) in [5, 5.41) is 20.5. The number of phenolic OH excluding ortho intramolecular Hbond substituents is 1. The van der Waals surface area contributed by atoms with Crippen LogP contribution in [0.3, 0.4) is 0 Å². The van der Waals surface area contributed by atoms with Gasteiger partial charge in [0.15, 0.2) is 11.2 Å². The maximum Gasteiger partial charge on any atom is 0.288 e. The van der Waals surface area contributed by atoms with E-state index < -0.39 is 0 Å². The highest BCUT2D eigenvalue weighted by molar-refractivity contribution is 5.75. The summed E-state index contributed by atoms with van der Waals surface area (Å²) in [5.74, 6) is 0.617. The van der Waals surface area contributed by atoms with Crippen molar-refractivity contribution in [2.24, 2.45) is 0 Å². The predicted octanol–water partition coefficient (Wildman–Crippen LogP) is 3.31. The fraction of sp³-hybridized carbons (Fsp3) is 0.143. The highest BCUT2D eigenvalue weighted by atomic mass is 16.3. The van der Waals surface area contributed by atoms with Gasteiger partial charge in [-0.3, -0.25) is 9.36 Å². The molecule has 0 fully saturated rings. The van der Waals surface area contributed by atoms with Crippen LogP contribution in [-0.4, -0.2) is 30.1 Å². The summed E-state index contributed by atoms with van der Waals surface area (Å²) in [6.07, 6.45) is 3.45. The molecule has 4 aromatic rings. The Morgan fingerprint density at radius 2 is 1.68 bits per heavy atom. The first-order valence-electron chi connectivity index (χ1n) is 8.84. The van der Waals surface area contributed by atoms with Crippen LogP contribution in [0, 0.1) is 20.8 Å². The monoisotopic (exact) mass is 373 g/mol. The number of phenols is 1. The minimum Gasteiger partial charge on any atom is -0.507 e. The largest absolute Gasteiger partial charge is 0.507 e. The Hall–Kier alpha value is -3.74. The van der Waals surface area contributed by atoms with Crippen molar-refractivity contribution in [3.05, 3.63) is 74.8 Å². The van der Waals surface area contributed by atoms with Gasteiger partial charge >= 0.3 is 0 Å². The standard InChI is InChI=1S/C21H19N5O2/c1-12-6-4-7-13(2)18(12)26-16(22-20-17(21(26)28)23-25-24-20)11-10-15-9-5-8-14(3)19(15)27/h4-11,27H,1-3H3,(H,23,24,25)/b11-10+. The number of para-hydroxylation sites is 2. The number of aryl methyl sites for hydroxylation is 3. The first kappa shape index (κ1) is 17.7. The third-order valence-electron chi connectivity index (χ3n) is 4.74. The van der Waals surface area contributed by atoms with Crippen molar-refractivity contribution < 1.29 is 5.11 Å². The van der Waals surface area contributed by atoms with Crippen LogP contribution < -0.4 is 5.56 Å². The number of nitrogens with one attached hydrogen (secondary N) is 1. The molecule has 0 saturated heterocycles. The van der Waals surface area contributed by atoms with Crippen molar-refractivity contribution >= 4 is 23.3 Å². The van der Waals surface area contributed by atoms with Gasteiger partial charge in [0.1, 0.15) is 11.6 Å². The second-order valence-corrected chi connectivity index (χ2v) is 6.71. The van der Waals surface area contributed by atoms with Gasteiger partial charge in [-0.1, -0.05) is 41.6 Å². The van der Waals surface area contributed by atoms with Gasteiger partial charge in [0, 0.05) is 5.56 Å². The van der Waals surface area contributed by atoms with E-state index in [2.05, 4.69) is 20.4 Å². The summed E-state index contributed by atoms with van der Waals surface area (Å²) >= 11 is 0. The maximum absolute atomic E-state index is 13.2. The molecule has 28 heavy (non-hydrogen) atoms. The van der Waals surface area contributed by atoms with E-state index >= 15 is 0 Å². The summed E-state index contributed by atoms with van der Waals surface area (Å²) in [5.41, 5.74) is 4.27. The number of aromatic amines is 1. The van der Waals surface area contributed by atoms with Crippen LogP contribution in [-0.2, 0) is 0 Å². The van der Waals surface area contributed by atoms with Crippen LogP contribution in [0.5, 0.6) is 5.75 Å². The van der Waals surface area contributed by atoms with Crippen molar-refractivity contribution in [3.63, 3.8) is 0 Å². The second kappa shape index (κ2) is 6.77. The van der Waals surface area contributed by atoms with Crippen LogP contribution >= 0.6 is 0 Å². The Labute approximate surface area is 161 Å². The van der Waals surface area contributed by atoms with Crippen LogP contribution in [0.15, 0.2) is 41.2 Å². The van der Waals surface area contributed by atoms with Crippen LogP contribution in [0.2, 0.25) is 0 Å². The molecule has 0 bridgehead atoms. The first-order chi connectivity index (χ1) is 13.5. The molecule has 2 aromatic carbocycles. The number of aromatic hydroxyl groups is 1. The first-order valence-corrected chi connectivity index (χ1v) is 8.84. The summed E-state index contributed by atoms with van der Waals surface area (Å²) in [4.78, 5) is 17.7. The molecule has 2 heterocycles. The maximum atomic E-state index is 13.2. The molecule has 0 unspecified atom stereocenters. The van der Waals surface area contributed by atoms with Gasteiger partial charge in [-0.15, -0.1) is 5.10 Å². The summed E-state index contributed by atoms with van der Waals surface area (Å²) < 4.78 is 1.54. The molecule has 2 N–H and O–H groups in total. The number of hydrogen-bond donors (Lipinski definition) is 2. The number of rotatable bonds is 3. The minimum atomic E-state index is -0.302. The van der Waals surface area contributed by atoms with Gasteiger partial charge < -0.3 is 5.11 Å². The van der Waals surface area contributed by atoms with E-state index in [1.54, 1.807) is 22.8 Å². The van der Waals surface area contributed by atoms with Crippen LogP contribution in [0.25, 0.3) is 29.0 Å². The zero-order valence-electron chi connectivity index (χ0n) is 15.8. The average Bonchev–Trinajstić information content (AvgIpc) is 3.13. The lowest BCUT2D eigenvalue weighted by Gasteiger charge is -2.14. The Bertz CT molecular complexity index is 1260. The SMILES string of the molecule is Cc1cccc(/C=C/c2nc3[nH]nnc3c(=O)n2-c2c(C)cccc2C)c1O. The Kier molecular flexibility index (Phi) is 4.27. The molecule has 7 heteroatoms. The van der Waals surface area contributed by atoms with Crippen molar-refractivity contribution in [1.82, 2.24) is 25.0 Å². The van der Waals surface area contributed by atoms with E-state index in [9.17, 15) is 9.90 Å². The van der Waals surface area contributed by atoms with Gasteiger partial charge in [0.25, 0.3) is 5.56 Å². The smallest absolute Gasteiger partial charge is 0.288 e. The highest BCUT2D eigenvalue weighted by Gasteiger charge is 2.16.